The lowest BCUT2D eigenvalue weighted by Gasteiger charge is -2.17. The topological polar surface area (TPSA) is 68.7 Å². The minimum atomic E-state index is -2.92. The van der Waals surface area contributed by atoms with Crippen LogP contribution in [0.4, 0.5) is 14.5 Å². The first kappa shape index (κ1) is 22.8. The second-order valence-corrected chi connectivity index (χ2v) is 7.34. The molecule has 0 radical (unpaired) electrons. The molecule has 8 heteroatoms. The zero-order valence-corrected chi connectivity index (χ0v) is 18.2. The molecule has 34 heavy (non-hydrogen) atoms. The number of amides is 1. The number of hydrogen-bond donors (Lipinski definition) is 0. The zero-order valence-electron chi connectivity index (χ0n) is 18.2. The van der Waals surface area contributed by atoms with E-state index in [2.05, 4.69) is 9.72 Å². The number of anilines is 1. The normalized spacial score (nSPS) is 10.8. The van der Waals surface area contributed by atoms with Crippen molar-refractivity contribution in [2.75, 3.05) is 18.6 Å². The summed E-state index contributed by atoms with van der Waals surface area (Å²) >= 11 is 0. The van der Waals surface area contributed by atoms with E-state index in [0.717, 1.165) is 0 Å². The van der Waals surface area contributed by atoms with Crippen LogP contribution in [0.3, 0.4) is 0 Å². The molecule has 0 N–H and O–H groups in total. The van der Waals surface area contributed by atoms with Crippen molar-refractivity contribution in [1.82, 2.24) is 4.98 Å². The Kier molecular flexibility index (Phi) is 6.77. The van der Waals surface area contributed by atoms with Crippen LogP contribution >= 0.6 is 0 Å². The van der Waals surface area contributed by atoms with E-state index in [9.17, 15) is 18.4 Å². The summed E-state index contributed by atoms with van der Waals surface area (Å²) in [5.41, 5.74) is 2.51. The van der Waals surface area contributed by atoms with Crippen LogP contribution in [0.5, 0.6) is 5.75 Å². The molecular weight excluding hydrogens is 442 g/mol. The lowest BCUT2D eigenvalue weighted by Crippen LogP contribution is -2.31. The molecule has 0 aliphatic carbocycles. The Bertz CT molecular complexity index is 1310. The Labute approximate surface area is 194 Å². The van der Waals surface area contributed by atoms with Crippen molar-refractivity contribution in [3.05, 3.63) is 90.5 Å². The van der Waals surface area contributed by atoms with Gasteiger partial charge in [-0.2, -0.15) is 8.78 Å². The Morgan fingerprint density at radius 1 is 0.941 bits per heavy atom. The first-order valence-corrected chi connectivity index (χ1v) is 10.4. The molecule has 0 fully saturated rings. The number of aromatic nitrogens is 1. The molecule has 1 aromatic heterocycles. The minimum Gasteiger partial charge on any atom is -0.452 e. The van der Waals surface area contributed by atoms with Crippen molar-refractivity contribution in [1.29, 1.82) is 0 Å². The van der Waals surface area contributed by atoms with Gasteiger partial charge in [-0.15, -0.1) is 0 Å². The molecule has 4 rings (SSSR count). The molecule has 4 aromatic rings. The van der Waals surface area contributed by atoms with Gasteiger partial charge in [-0.1, -0.05) is 36.4 Å². The van der Waals surface area contributed by atoms with Gasteiger partial charge in [0, 0.05) is 23.7 Å². The predicted molar refractivity (Wildman–Crippen MR) is 124 cm³/mol. The van der Waals surface area contributed by atoms with E-state index in [0.29, 0.717) is 27.8 Å². The van der Waals surface area contributed by atoms with Crippen molar-refractivity contribution in [2.24, 2.45) is 0 Å². The molecule has 0 unspecified atom stereocenters. The number of para-hydroxylation sites is 2. The Morgan fingerprint density at radius 3 is 2.32 bits per heavy atom. The van der Waals surface area contributed by atoms with Crippen molar-refractivity contribution < 1.29 is 27.8 Å². The van der Waals surface area contributed by atoms with Gasteiger partial charge < -0.3 is 14.4 Å². The summed E-state index contributed by atoms with van der Waals surface area (Å²) in [5.74, 6) is -1.04. The van der Waals surface area contributed by atoms with Crippen LogP contribution in [0.2, 0.25) is 0 Å². The highest BCUT2D eigenvalue weighted by molar-refractivity contribution is 6.05. The Morgan fingerprint density at radius 2 is 1.62 bits per heavy atom. The monoisotopic (exact) mass is 462 g/mol. The molecule has 0 spiro atoms. The molecule has 172 valence electrons. The number of halogens is 2. The predicted octanol–water partition coefficient (Wildman–Crippen LogP) is 5.32. The van der Waals surface area contributed by atoms with E-state index in [1.54, 1.807) is 61.6 Å². The smallest absolute Gasteiger partial charge is 0.387 e. The fraction of sp³-hybridized carbons (Fsp3) is 0.115. The summed E-state index contributed by atoms with van der Waals surface area (Å²) < 4.78 is 34.6. The molecule has 0 atom stereocenters. The van der Waals surface area contributed by atoms with Gasteiger partial charge in [0.1, 0.15) is 5.75 Å². The van der Waals surface area contributed by atoms with Gasteiger partial charge in [0.2, 0.25) is 0 Å². The number of carbonyl (C=O) groups excluding carboxylic acids is 2. The van der Waals surface area contributed by atoms with Crippen molar-refractivity contribution >= 4 is 28.5 Å². The third-order valence-corrected chi connectivity index (χ3v) is 5.16. The highest BCUT2D eigenvalue weighted by Crippen LogP contribution is 2.27. The first-order chi connectivity index (χ1) is 16.4. The maximum absolute atomic E-state index is 13.0. The minimum absolute atomic E-state index is 0.0141. The van der Waals surface area contributed by atoms with E-state index < -0.39 is 19.2 Å². The van der Waals surface area contributed by atoms with Crippen LogP contribution in [-0.2, 0) is 9.53 Å². The molecule has 1 heterocycles. The zero-order chi connectivity index (χ0) is 24.1. The number of carbonyl (C=O) groups is 2. The quantitative estimate of drug-likeness (QED) is 0.348. The fourth-order valence-electron chi connectivity index (χ4n) is 3.40. The average molecular weight is 462 g/mol. The number of esters is 1. The van der Waals surface area contributed by atoms with Crippen LogP contribution in [0, 0.1) is 0 Å². The molecular formula is C26H20F2N2O4. The molecule has 1 amide bonds. The van der Waals surface area contributed by atoms with E-state index >= 15 is 0 Å². The standard InChI is InChI=1S/C26H20F2N2O4/c1-30(18-7-3-2-4-8-18)24(31)16-33-25(32)21-15-23(29-22-10-6-5-9-20(21)22)17-11-13-19(14-12-17)34-26(27)28/h2-15,26H,16H2,1H3. The fourth-order valence-corrected chi connectivity index (χ4v) is 3.40. The third kappa shape index (κ3) is 5.17. The van der Waals surface area contributed by atoms with Crippen molar-refractivity contribution in [2.45, 2.75) is 6.61 Å². The summed E-state index contributed by atoms with van der Waals surface area (Å²) in [6, 6.07) is 23.5. The number of benzene rings is 3. The molecule has 0 aliphatic heterocycles. The van der Waals surface area contributed by atoms with Crippen LogP contribution in [0.15, 0.2) is 84.9 Å². The summed E-state index contributed by atoms with van der Waals surface area (Å²) in [4.78, 5) is 31.4. The third-order valence-electron chi connectivity index (χ3n) is 5.16. The molecule has 0 saturated carbocycles. The number of nitrogens with zero attached hydrogens (tertiary/aromatic N) is 2. The summed E-state index contributed by atoms with van der Waals surface area (Å²) in [5, 5.41) is 0.567. The van der Waals surface area contributed by atoms with Gasteiger partial charge >= 0.3 is 12.6 Å². The molecule has 0 aliphatic rings. The second kappa shape index (κ2) is 10.1. The number of likely N-dealkylation sites (N-methyl/N-ethyl adjacent to an activating group) is 1. The summed E-state index contributed by atoms with van der Waals surface area (Å²) in [7, 11) is 1.60. The van der Waals surface area contributed by atoms with E-state index in [1.165, 1.54) is 17.0 Å². The average Bonchev–Trinajstić information content (AvgIpc) is 2.86. The van der Waals surface area contributed by atoms with Crippen molar-refractivity contribution in [3.63, 3.8) is 0 Å². The van der Waals surface area contributed by atoms with Gasteiger partial charge in [0.05, 0.1) is 16.8 Å². The summed E-state index contributed by atoms with van der Waals surface area (Å²) in [6.07, 6.45) is 0. The van der Waals surface area contributed by atoms with Crippen LogP contribution in [0.25, 0.3) is 22.2 Å². The highest BCUT2D eigenvalue weighted by atomic mass is 19.3. The molecule has 0 saturated heterocycles. The highest BCUT2D eigenvalue weighted by Gasteiger charge is 2.18. The molecule has 0 bridgehead atoms. The lowest BCUT2D eigenvalue weighted by molar-refractivity contribution is -0.121. The van der Waals surface area contributed by atoms with Crippen LogP contribution in [-0.4, -0.2) is 37.1 Å². The van der Waals surface area contributed by atoms with Crippen LogP contribution < -0.4 is 9.64 Å². The maximum Gasteiger partial charge on any atom is 0.387 e. The number of fused-ring (bicyclic) bond motifs is 1. The Balaban J connectivity index is 1.57. The lowest BCUT2D eigenvalue weighted by atomic mass is 10.0. The van der Waals surface area contributed by atoms with E-state index in [-0.39, 0.29) is 17.2 Å². The number of pyridine rings is 1. The number of rotatable bonds is 7. The SMILES string of the molecule is CN(C(=O)COC(=O)c1cc(-c2ccc(OC(F)F)cc2)nc2ccccc12)c1ccccc1. The van der Waals surface area contributed by atoms with Crippen molar-refractivity contribution in [3.8, 4) is 17.0 Å². The maximum atomic E-state index is 13.0. The van der Waals surface area contributed by atoms with Crippen LogP contribution in [0.1, 0.15) is 10.4 Å². The second-order valence-electron chi connectivity index (χ2n) is 7.34. The van der Waals surface area contributed by atoms with Gasteiger partial charge in [0.25, 0.3) is 5.91 Å². The number of ether oxygens (including phenoxy) is 2. The number of hydrogen-bond acceptors (Lipinski definition) is 5. The Hall–Kier alpha value is -4.33. The first-order valence-electron chi connectivity index (χ1n) is 10.4. The molecule has 6 nitrogen and oxygen atoms in total. The van der Waals surface area contributed by atoms with Gasteiger partial charge in [-0.05, 0) is 48.5 Å². The van der Waals surface area contributed by atoms with Gasteiger partial charge in [0.15, 0.2) is 6.61 Å². The summed E-state index contributed by atoms with van der Waals surface area (Å²) in [6.45, 7) is -3.36. The largest absolute Gasteiger partial charge is 0.452 e. The number of alkyl halides is 2. The van der Waals surface area contributed by atoms with E-state index in [1.807, 2.05) is 18.2 Å². The van der Waals surface area contributed by atoms with Gasteiger partial charge in [-0.25, -0.2) is 9.78 Å². The van der Waals surface area contributed by atoms with E-state index in [4.69, 9.17) is 4.74 Å². The van der Waals surface area contributed by atoms with Gasteiger partial charge in [-0.3, -0.25) is 4.79 Å². The molecule has 3 aromatic carbocycles.